The molecule has 0 bridgehead atoms. The molecule has 0 radical (unpaired) electrons. The second-order valence-corrected chi connectivity index (χ2v) is 4.50. The summed E-state index contributed by atoms with van der Waals surface area (Å²) in [5, 5.41) is -0.524. The lowest BCUT2D eigenvalue weighted by molar-refractivity contribution is -0.121. The highest BCUT2D eigenvalue weighted by atomic mass is 32.2. The van der Waals surface area contributed by atoms with E-state index in [4.69, 9.17) is 4.42 Å². The molecule has 0 amide bonds. The number of aryl methyl sites for hydroxylation is 1. The first kappa shape index (κ1) is 12.1. The Bertz CT molecular complexity index is 435. The van der Waals surface area contributed by atoms with Gasteiger partial charge in [-0.05, 0) is 19.1 Å². The number of rotatable bonds is 3. The number of furan rings is 1. The molecule has 1 rings (SSSR count). The van der Waals surface area contributed by atoms with Crippen LogP contribution in [0.4, 0.5) is 13.2 Å². The van der Waals surface area contributed by atoms with E-state index >= 15 is 0 Å². The Hall–Kier alpha value is -1.02. The standard InChI is InChI=1S/C7H8F3NO3S/c1-5-2-3-6(14-5)15(12,13)11-4-7(8,9)10/h2-3,11H,4H2,1H3. The molecule has 0 saturated heterocycles. The first-order valence-electron chi connectivity index (χ1n) is 3.83. The molecule has 8 heteroatoms. The van der Waals surface area contributed by atoms with Gasteiger partial charge in [-0.3, -0.25) is 0 Å². The Morgan fingerprint density at radius 1 is 1.40 bits per heavy atom. The molecule has 0 aliphatic heterocycles. The fourth-order valence-corrected chi connectivity index (χ4v) is 1.79. The average molecular weight is 243 g/mol. The molecular weight excluding hydrogens is 235 g/mol. The summed E-state index contributed by atoms with van der Waals surface area (Å²) in [6.07, 6.45) is -4.59. The first-order valence-corrected chi connectivity index (χ1v) is 5.32. The Balaban J connectivity index is 2.77. The maximum atomic E-state index is 11.7. The highest BCUT2D eigenvalue weighted by Gasteiger charge is 2.30. The van der Waals surface area contributed by atoms with Crippen molar-refractivity contribution in [2.75, 3.05) is 6.54 Å². The molecule has 0 aliphatic rings. The highest BCUT2D eigenvalue weighted by molar-refractivity contribution is 7.89. The lowest BCUT2D eigenvalue weighted by Gasteiger charge is -2.06. The summed E-state index contributed by atoms with van der Waals surface area (Å²) in [4.78, 5) is 0. The molecule has 1 N–H and O–H groups in total. The molecule has 0 unspecified atom stereocenters. The molecular formula is C7H8F3NO3S. The SMILES string of the molecule is Cc1ccc(S(=O)(=O)NCC(F)(F)F)o1. The predicted octanol–water partition coefficient (Wildman–Crippen LogP) is 1.43. The van der Waals surface area contributed by atoms with Crippen molar-refractivity contribution in [1.29, 1.82) is 0 Å². The maximum absolute atomic E-state index is 11.7. The molecule has 86 valence electrons. The molecule has 0 spiro atoms. The number of sulfonamides is 1. The third kappa shape index (κ3) is 3.56. The second-order valence-electron chi connectivity index (χ2n) is 2.80. The largest absolute Gasteiger partial charge is 0.449 e. The minimum Gasteiger partial charge on any atom is -0.449 e. The average Bonchev–Trinajstić information content (AvgIpc) is 2.48. The number of nitrogens with one attached hydrogen (secondary N) is 1. The van der Waals surface area contributed by atoms with E-state index in [0.29, 0.717) is 5.76 Å². The Morgan fingerprint density at radius 3 is 2.40 bits per heavy atom. The lowest BCUT2D eigenvalue weighted by atomic mass is 10.5. The fraction of sp³-hybridized carbons (Fsp3) is 0.429. The van der Waals surface area contributed by atoms with Gasteiger partial charge in [0, 0.05) is 0 Å². The van der Waals surface area contributed by atoms with Crippen LogP contribution in [0.25, 0.3) is 0 Å². The normalized spacial score (nSPS) is 13.1. The van der Waals surface area contributed by atoms with Crippen molar-refractivity contribution in [1.82, 2.24) is 4.72 Å². The van der Waals surface area contributed by atoms with Crippen LogP contribution in [0.3, 0.4) is 0 Å². The third-order valence-corrected chi connectivity index (χ3v) is 2.72. The molecule has 0 atom stereocenters. The summed E-state index contributed by atoms with van der Waals surface area (Å²) < 4.78 is 63.7. The van der Waals surface area contributed by atoms with Crippen LogP contribution in [0.1, 0.15) is 5.76 Å². The van der Waals surface area contributed by atoms with Crippen LogP contribution < -0.4 is 4.72 Å². The molecule has 1 aromatic rings. The minimum absolute atomic E-state index is 0.308. The lowest BCUT2D eigenvalue weighted by Crippen LogP contribution is -2.33. The van der Waals surface area contributed by atoms with Crippen LogP contribution >= 0.6 is 0 Å². The Kier molecular flexibility index (Phi) is 3.10. The summed E-state index contributed by atoms with van der Waals surface area (Å²) >= 11 is 0. The van der Waals surface area contributed by atoms with Crippen molar-refractivity contribution >= 4 is 10.0 Å². The van der Waals surface area contributed by atoms with Gasteiger partial charge in [0.2, 0.25) is 5.09 Å². The molecule has 1 heterocycles. The van der Waals surface area contributed by atoms with Gasteiger partial charge in [0.1, 0.15) is 12.3 Å². The van der Waals surface area contributed by atoms with E-state index in [0.717, 1.165) is 6.07 Å². The van der Waals surface area contributed by atoms with E-state index in [2.05, 4.69) is 0 Å². The van der Waals surface area contributed by atoms with Crippen LogP contribution in [-0.4, -0.2) is 21.1 Å². The summed E-state index contributed by atoms with van der Waals surface area (Å²) in [6, 6.07) is 2.44. The molecule has 0 aromatic carbocycles. The quantitative estimate of drug-likeness (QED) is 0.873. The summed E-state index contributed by atoms with van der Waals surface area (Å²) in [7, 11) is -4.21. The van der Waals surface area contributed by atoms with Gasteiger partial charge in [0.15, 0.2) is 0 Å². The number of hydrogen-bond acceptors (Lipinski definition) is 3. The van der Waals surface area contributed by atoms with Crippen molar-refractivity contribution in [3.8, 4) is 0 Å². The molecule has 0 fully saturated rings. The smallest absolute Gasteiger partial charge is 0.402 e. The third-order valence-electron chi connectivity index (χ3n) is 1.44. The molecule has 4 nitrogen and oxygen atoms in total. The summed E-state index contributed by atoms with van der Waals surface area (Å²) in [5.74, 6) is 0.308. The molecule has 0 saturated carbocycles. The van der Waals surface area contributed by atoms with Crippen LogP contribution in [0.2, 0.25) is 0 Å². The number of alkyl halides is 3. The van der Waals surface area contributed by atoms with E-state index in [1.165, 1.54) is 17.7 Å². The zero-order valence-electron chi connectivity index (χ0n) is 7.63. The van der Waals surface area contributed by atoms with E-state index in [1.807, 2.05) is 0 Å². The van der Waals surface area contributed by atoms with Crippen LogP contribution in [0.15, 0.2) is 21.6 Å². The van der Waals surface area contributed by atoms with Crippen molar-refractivity contribution in [3.63, 3.8) is 0 Å². The Morgan fingerprint density at radius 2 is 2.00 bits per heavy atom. The number of hydrogen-bond donors (Lipinski definition) is 1. The minimum atomic E-state index is -4.59. The van der Waals surface area contributed by atoms with Gasteiger partial charge in [-0.15, -0.1) is 0 Å². The van der Waals surface area contributed by atoms with Crippen LogP contribution in [-0.2, 0) is 10.0 Å². The van der Waals surface area contributed by atoms with Gasteiger partial charge in [0.25, 0.3) is 10.0 Å². The van der Waals surface area contributed by atoms with E-state index < -0.39 is 27.8 Å². The van der Waals surface area contributed by atoms with Crippen LogP contribution in [0, 0.1) is 6.92 Å². The van der Waals surface area contributed by atoms with Gasteiger partial charge < -0.3 is 4.42 Å². The topological polar surface area (TPSA) is 59.3 Å². The van der Waals surface area contributed by atoms with Crippen molar-refractivity contribution in [2.24, 2.45) is 0 Å². The highest BCUT2D eigenvalue weighted by Crippen LogP contribution is 2.16. The maximum Gasteiger partial charge on any atom is 0.402 e. The monoisotopic (exact) mass is 243 g/mol. The Labute approximate surface area is 84.1 Å². The van der Waals surface area contributed by atoms with Crippen molar-refractivity contribution < 1.29 is 26.0 Å². The number of halogens is 3. The summed E-state index contributed by atoms with van der Waals surface area (Å²) in [6.45, 7) is -0.127. The van der Waals surface area contributed by atoms with Gasteiger partial charge >= 0.3 is 6.18 Å². The van der Waals surface area contributed by atoms with Gasteiger partial charge in [0.05, 0.1) is 0 Å². The molecule has 0 aliphatic carbocycles. The van der Waals surface area contributed by atoms with Gasteiger partial charge in [-0.2, -0.15) is 17.9 Å². The van der Waals surface area contributed by atoms with Crippen molar-refractivity contribution in [3.05, 3.63) is 17.9 Å². The predicted molar refractivity (Wildman–Crippen MR) is 44.7 cm³/mol. The van der Waals surface area contributed by atoms with Crippen molar-refractivity contribution in [2.45, 2.75) is 18.2 Å². The zero-order valence-corrected chi connectivity index (χ0v) is 8.45. The van der Waals surface area contributed by atoms with Gasteiger partial charge in [-0.1, -0.05) is 0 Å². The van der Waals surface area contributed by atoms with E-state index in [9.17, 15) is 21.6 Å². The molecule has 1 aromatic heterocycles. The van der Waals surface area contributed by atoms with E-state index in [1.54, 1.807) is 0 Å². The first-order chi connectivity index (χ1) is 6.71. The van der Waals surface area contributed by atoms with E-state index in [-0.39, 0.29) is 0 Å². The zero-order chi connectivity index (χ0) is 11.7. The van der Waals surface area contributed by atoms with Gasteiger partial charge in [-0.25, -0.2) is 8.42 Å². The fourth-order valence-electron chi connectivity index (χ4n) is 0.805. The van der Waals surface area contributed by atoms with Crippen LogP contribution in [0.5, 0.6) is 0 Å². The second kappa shape index (κ2) is 3.86. The molecule has 15 heavy (non-hydrogen) atoms. The summed E-state index contributed by atoms with van der Waals surface area (Å²) in [5.41, 5.74) is 0.